The lowest BCUT2D eigenvalue weighted by Gasteiger charge is -2.29. The first-order valence-corrected chi connectivity index (χ1v) is 11.7. The van der Waals surface area contributed by atoms with E-state index < -0.39 is 17.6 Å². The van der Waals surface area contributed by atoms with Gasteiger partial charge in [0.1, 0.15) is 11.5 Å². The molecule has 2 aliphatic rings. The minimum absolute atomic E-state index is 0.00341. The number of nitrogens with two attached hydrogens (primary N) is 1. The molecule has 11 heteroatoms. The number of ether oxygens (including phenoxy) is 1. The van der Waals surface area contributed by atoms with Gasteiger partial charge < -0.3 is 25.7 Å². The second-order valence-corrected chi connectivity index (χ2v) is 9.08. The van der Waals surface area contributed by atoms with Crippen molar-refractivity contribution >= 4 is 35.0 Å². The Morgan fingerprint density at radius 1 is 1.21 bits per heavy atom. The molecule has 1 aliphatic carbocycles. The second kappa shape index (κ2) is 10.5. The summed E-state index contributed by atoms with van der Waals surface area (Å²) in [6.45, 7) is 1.03. The van der Waals surface area contributed by atoms with Gasteiger partial charge in [-0.05, 0) is 56.7 Å². The number of rotatable bonds is 7. The van der Waals surface area contributed by atoms with Crippen LogP contribution in [-0.4, -0.2) is 46.5 Å². The first-order valence-electron chi connectivity index (χ1n) is 11.4. The van der Waals surface area contributed by atoms with Crippen LogP contribution in [0.1, 0.15) is 65.5 Å². The SMILES string of the molecule is NC(=O)c1c(C(=O)NC[C@@H]2CCCO2)ncn1C1CCC(C(=O)Nc2ccc(F)cc2Cl)CC1. The average Bonchev–Trinajstić information content (AvgIpc) is 3.49. The summed E-state index contributed by atoms with van der Waals surface area (Å²) in [5.41, 5.74) is 6.02. The van der Waals surface area contributed by atoms with Crippen LogP contribution in [0.25, 0.3) is 0 Å². The summed E-state index contributed by atoms with van der Waals surface area (Å²) in [7, 11) is 0. The van der Waals surface area contributed by atoms with Crippen molar-refractivity contribution in [1.29, 1.82) is 0 Å². The maximum Gasteiger partial charge on any atom is 0.272 e. The van der Waals surface area contributed by atoms with E-state index in [4.69, 9.17) is 22.1 Å². The molecule has 3 amide bonds. The zero-order chi connectivity index (χ0) is 24.2. The zero-order valence-electron chi connectivity index (χ0n) is 18.6. The number of hydrogen-bond acceptors (Lipinski definition) is 5. The average molecular weight is 492 g/mol. The van der Waals surface area contributed by atoms with Crippen molar-refractivity contribution in [3.8, 4) is 0 Å². The molecule has 182 valence electrons. The lowest BCUT2D eigenvalue weighted by molar-refractivity contribution is -0.121. The number of halogens is 2. The fraction of sp³-hybridized carbons (Fsp3) is 0.478. The number of aromatic nitrogens is 2. The Bertz CT molecular complexity index is 1080. The zero-order valence-corrected chi connectivity index (χ0v) is 19.3. The molecule has 1 aromatic heterocycles. The van der Waals surface area contributed by atoms with Gasteiger partial charge in [-0.25, -0.2) is 9.37 Å². The first-order chi connectivity index (χ1) is 16.3. The van der Waals surface area contributed by atoms with Gasteiger partial charge in [-0.1, -0.05) is 11.6 Å². The van der Waals surface area contributed by atoms with E-state index >= 15 is 0 Å². The standard InChI is InChI=1S/C23H27ClFN5O4/c24-17-10-14(25)5-8-18(17)29-22(32)13-3-6-15(7-4-13)30-12-28-19(20(30)21(26)31)23(33)27-11-16-2-1-9-34-16/h5,8,10,12-13,15-16H,1-4,6-7,9,11H2,(H2,26,31)(H,27,33)(H,29,32)/t13?,15?,16-/m0/s1. The molecule has 1 saturated heterocycles. The van der Waals surface area contributed by atoms with Gasteiger partial charge in [0.25, 0.3) is 11.8 Å². The van der Waals surface area contributed by atoms with E-state index in [0.29, 0.717) is 44.5 Å². The van der Waals surface area contributed by atoms with Crippen molar-refractivity contribution in [2.45, 2.75) is 50.7 Å². The molecule has 1 aromatic carbocycles. The largest absolute Gasteiger partial charge is 0.376 e. The second-order valence-electron chi connectivity index (χ2n) is 8.68. The van der Waals surface area contributed by atoms with Crippen molar-refractivity contribution < 1.29 is 23.5 Å². The molecule has 0 spiro atoms. The number of nitrogens with zero attached hydrogens (tertiary/aromatic N) is 2. The molecule has 4 rings (SSSR count). The highest BCUT2D eigenvalue weighted by atomic mass is 35.5. The number of imidazole rings is 1. The van der Waals surface area contributed by atoms with Crippen molar-refractivity contribution in [1.82, 2.24) is 14.9 Å². The number of carbonyl (C=O) groups excluding carboxylic acids is 3. The minimum Gasteiger partial charge on any atom is -0.376 e. The van der Waals surface area contributed by atoms with Gasteiger partial charge >= 0.3 is 0 Å². The molecule has 0 bridgehead atoms. The van der Waals surface area contributed by atoms with Gasteiger partial charge in [-0.3, -0.25) is 14.4 Å². The van der Waals surface area contributed by atoms with Crippen LogP contribution >= 0.6 is 11.6 Å². The molecule has 2 heterocycles. The molecule has 34 heavy (non-hydrogen) atoms. The van der Waals surface area contributed by atoms with Crippen LogP contribution in [0.5, 0.6) is 0 Å². The summed E-state index contributed by atoms with van der Waals surface area (Å²) in [5, 5.41) is 5.66. The number of hydrogen-bond donors (Lipinski definition) is 3. The maximum atomic E-state index is 13.2. The molecule has 9 nitrogen and oxygen atoms in total. The quantitative estimate of drug-likeness (QED) is 0.548. The topological polar surface area (TPSA) is 128 Å². The summed E-state index contributed by atoms with van der Waals surface area (Å²) in [4.78, 5) is 41.7. The summed E-state index contributed by atoms with van der Waals surface area (Å²) >= 11 is 6.00. The summed E-state index contributed by atoms with van der Waals surface area (Å²) in [6.07, 6.45) is 5.59. The Morgan fingerprint density at radius 2 is 1.97 bits per heavy atom. The monoisotopic (exact) mass is 491 g/mol. The Labute approximate surface area is 201 Å². The van der Waals surface area contributed by atoms with Crippen molar-refractivity contribution in [3.05, 3.63) is 46.8 Å². The Morgan fingerprint density at radius 3 is 2.62 bits per heavy atom. The van der Waals surface area contributed by atoms with E-state index in [1.54, 1.807) is 4.57 Å². The first kappa shape index (κ1) is 24.2. The van der Waals surface area contributed by atoms with Crippen LogP contribution in [0, 0.1) is 11.7 Å². The lowest BCUT2D eigenvalue weighted by Crippen LogP contribution is -2.34. The third-order valence-corrected chi connectivity index (χ3v) is 6.72. The molecule has 1 aliphatic heterocycles. The molecule has 0 radical (unpaired) electrons. The van der Waals surface area contributed by atoms with E-state index in [9.17, 15) is 18.8 Å². The van der Waals surface area contributed by atoms with Crippen LogP contribution in [0.3, 0.4) is 0 Å². The summed E-state index contributed by atoms with van der Waals surface area (Å²) in [5.74, 6) is -2.12. The highest BCUT2D eigenvalue weighted by molar-refractivity contribution is 6.33. The number of nitrogens with one attached hydrogen (secondary N) is 2. The van der Waals surface area contributed by atoms with Gasteiger partial charge in [0.2, 0.25) is 5.91 Å². The molecule has 1 atom stereocenters. The van der Waals surface area contributed by atoms with Crippen LogP contribution in [0.4, 0.5) is 10.1 Å². The molecule has 2 aromatic rings. The molecular weight excluding hydrogens is 465 g/mol. The summed E-state index contributed by atoms with van der Waals surface area (Å²) < 4.78 is 20.4. The number of carbonyl (C=O) groups is 3. The van der Waals surface area contributed by atoms with Crippen molar-refractivity contribution in [2.75, 3.05) is 18.5 Å². The highest BCUT2D eigenvalue weighted by Gasteiger charge is 2.31. The Kier molecular flexibility index (Phi) is 7.47. The molecular formula is C23H27ClFN5O4. The number of benzene rings is 1. The van der Waals surface area contributed by atoms with Gasteiger partial charge in [-0.2, -0.15) is 0 Å². The van der Waals surface area contributed by atoms with Crippen LogP contribution in [0.15, 0.2) is 24.5 Å². The van der Waals surface area contributed by atoms with Crippen LogP contribution in [0.2, 0.25) is 5.02 Å². The molecule has 4 N–H and O–H groups in total. The van der Waals surface area contributed by atoms with Gasteiger partial charge in [-0.15, -0.1) is 0 Å². The van der Waals surface area contributed by atoms with Gasteiger partial charge in [0, 0.05) is 25.1 Å². The van der Waals surface area contributed by atoms with E-state index in [0.717, 1.165) is 18.9 Å². The van der Waals surface area contributed by atoms with E-state index in [2.05, 4.69) is 15.6 Å². The molecule has 0 unspecified atom stereocenters. The Hall–Kier alpha value is -2.98. The number of primary amides is 1. The fourth-order valence-electron chi connectivity index (χ4n) is 4.59. The maximum absolute atomic E-state index is 13.2. The third-order valence-electron chi connectivity index (χ3n) is 6.41. The predicted molar refractivity (Wildman–Crippen MR) is 123 cm³/mol. The minimum atomic E-state index is -0.731. The Balaban J connectivity index is 1.38. The molecule has 1 saturated carbocycles. The van der Waals surface area contributed by atoms with Crippen molar-refractivity contribution in [2.24, 2.45) is 11.7 Å². The fourth-order valence-corrected chi connectivity index (χ4v) is 4.80. The van der Waals surface area contributed by atoms with E-state index in [1.807, 2.05) is 0 Å². The third kappa shape index (κ3) is 5.39. The highest BCUT2D eigenvalue weighted by Crippen LogP contribution is 2.34. The van der Waals surface area contributed by atoms with Crippen LogP contribution in [-0.2, 0) is 9.53 Å². The summed E-state index contributed by atoms with van der Waals surface area (Å²) in [6, 6.07) is 3.69. The van der Waals surface area contributed by atoms with Gasteiger partial charge in [0.05, 0.1) is 23.1 Å². The van der Waals surface area contributed by atoms with Crippen LogP contribution < -0.4 is 16.4 Å². The normalized spacial score (nSPS) is 22.4. The number of amides is 3. The van der Waals surface area contributed by atoms with Crippen molar-refractivity contribution in [3.63, 3.8) is 0 Å². The van der Waals surface area contributed by atoms with Gasteiger partial charge in [0.15, 0.2) is 5.69 Å². The lowest BCUT2D eigenvalue weighted by atomic mass is 9.85. The molecule has 2 fully saturated rings. The predicted octanol–water partition coefficient (Wildman–Crippen LogP) is 3.05. The van der Waals surface area contributed by atoms with E-state index in [1.165, 1.54) is 18.5 Å². The smallest absolute Gasteiger partial charge is 0.272 e. The number of anilines is 1. The van der Waals surface area contributed by atoms with E-state index in [-0.39, 0.29) is 40.4 Å².